The Morgan fingerprint density at radius 3 is 2.67 bits per heavy atom. The quantitative estimate of drug-likeness (QED) is 0.771. The molecule has 0 bridgehead atoms. The summed E-state index contributed by atoms with van der Waals surface area (Å²) in [6, 6.07) is 9.62. The summed E-state index contributed by atoms with van der Waals surface area (Å²) >= 11 is 0. The van der Waals surface area contributed by atoms with E-state index in [2.05, 4.69) is 0 Å². The highest BCUT2D eigenvalue weighted by molar-refractivity contribution is 5.72. The van der Waals surface area contributed by atoms with Gasteiger partial charge in [-0.1, -0.05) is 30.3 Å². The first-order chi connectivity index (χ1) is 8.57. The summed E-state index contributed by atoms with van der Waals surface area (Å²) in [5.41, 5.74) is 1.07. The van der Waals surface area contributed by atoms with Crippen molar-refractivity contribution in [2.24, 2.45) is 5.92 Å². The van der Waals surface area contributed by atoms with Crippen LogP contribution in [0.1, 0.15) is 24.8 Å². The van der Waals surface area contributed by atoms with E-state index in [1.54, 1.807) is 0 Å². The van der Waals surface area contributed by atoms with Crippen LogP contribution in [0.4, 0.5) is 8.78 Å². The van der Waals surface area contributed by atoms with Crippen molar-refractivity contribution >= 4 is 5.97 Å². The fourth-order valence-electron chi connectivity index (χ4n) is 2.18. The third kappa shape index (κ3) is 3.52. The molecule has 2 nitrogen and oxygen atoms in total. The molecular weight excluding hydrogens is 238 g/mol. The molecule has 1 saturated carbocycles. The Morgan fingerprint density at radius 1 is 1.33 bits per heavy atom. The highest BCUT2D eigenvalue weighted by Crippen LogP contribution is 2.39. The zero-order valence-electron chi connectivity index (χ0n) is 10.1. The van der Waals surface area contributed by atoms with E-state index in [0.717, 1.165) is 5.56 Å². The molecule has 0 N–H and O–H groups in total. The Balaban J connectivity index is 1.73. The van der Waals surface area contributed by atoms with Gasteiger partial charge in [0.15, 0.2) is 0 Å². The van der Waals surface area contributed by atoms with E-state index in [1.165, 1.54) is 0 Å². The molecule has 0 saturated heterocycles. The van der Waals surface area contributed by atoms with Gasteiger partial charge in [-0.25, -0.2) is 8.78 Å². The maximum atomic E-state index is 12.9. The Bertz CT molecular complexity index is 404. The lowest BCUT2D eigenvalue weighted by molar-refractivity contribution is -0.149. The second-order valence-corrected chi connectivity index (χ2v) is 4.70. The first-order valence-corrected chi connectivity index (χ1v) is 6.15. The smallest absolute Gasteiger partial charge is 0.309 e. The van der Waals surface area contributed by atoms with Gasteiger partial charge >= 0.3 is 5.97 Å². The van der Waals surface area contributed by atoms with Crippen molar-refractivity contribution in [1.29, 1.82) is 0 Å². The van der Waals surface area contributed by atoms with Gasteiger partial charge < -0.3 is 4.74 Å². The summed E-state index contributed by atoms with van der Waals surface area (Å²) in [5.74, 6) is -3.80. The van der Waals surface area contributed by atoms with Crippen LogP contribution in [0.25, 0.3) is 0 Å². The van der Waals surface area contributed by atoms with Crippen molar-refractivity contribution < 1.29 is 18.3 Å². The number of hydrogen-bond donors (Lipinski definition) is 0. The topological polar surface area (TPSA) is 26.3 Å². The molecule has 0 unspecified atom stereocenters. The molecule has 1 aromatic carbocycles. The summed E-state index contributed by atoms with van der Waals surface area (Å²) in [4.78, 5) is 11.6. The molecule has 0 amide bonds. The Morgan fingerprint density at radius 2 is 2.06 bits per heavy atom. The van der Waals surface area contributed by atoms with Crippen LogP contribution in [-0.4, -0.2) is 18.5 Å². The maximum Gasteiger partial charge on any atom is 0.309 e. The van der Waals surface area contributed by atoms with E-state index in [4.69, 9.17) is 4.74 Å². The Kier molecular flexibility index (Phi) is 3.94. The van der Waals surface area contributed by atoms with Gasteiger partial charge in [-0.15, -0.1) is 0 Å². The van der Waals surface area contributed by atoms with Gasteiger partial charge in [0.1, 0.15) is 0 Å². The highest BCUT2D eigenvalue weighted by atomic mass is 19.3. The molecule has 0 heterocycles. The van der Waals surface area contributed by atoms with Crippen LogP contribution in [0.5, 0.6) is 0 Å². The number of alkyl halides is 2. The zero-order valence-corrected chi connectivity index (χ0v) is 10.1. The van der Waals surface area contributed by atoms with Crippen molar-refractivity contribution in [1.82, 2.24) is 0 Å². The third-order valence-electron chi connectivity index (χ3n) is 3.21. The van der Waals surface area contributed by atoms with Crippen molar-refractivity contribution in [2.45, 2.75) is 31.6 Å². The molecule has 0 spiro atoms. The molecule has 1 atom stereocenters. The van der Waals surface area contributed by atoms with Crippen LogP contribution >= 0.6 is 0 Å². The lowest BCUT2D eigenvalue weighted by Crippen LogP contribution is -2.19. The predicted octanol–water partition coefficient (Wildman–Crippen LogP) is 3.21. The Hall–Kier alpha value is -1.45. The molecule has 98 valence electrons. The highest BCUT2D eigenvalue weighted by Gasteiger charge is 2.43. The molecular formula is C14H16F2O2. The van der Waals surface area contributed by atoms with E-state index in [0.29, 0.717) is 6.42 Å². The fourth-order valence-corrected chi connectivity index (χ4v) is 2.18. The molecule has 0 radical (unpaired) electrons. The number of esters is 1. The first-order valence-electron chi connectivity index (χ1n) is 6.15. The van der Waals surface area contributed by atoms with Gasteiger partial charge in [0.05, 0.1) is 12.5 Å². The molecule has 1 aromatic rings. The van der Waals surface area contributed by atoms with Crippen molar-refractivity contribution in [3.8, 4) is 0 Å². The number of benzene rings is 1. The summed E-state index contributed by atoms with van der Waals surface area (Å²) < 4.78 is 30.9. The number of carbonyl (C=O) groups excluding carboxylic acids is 1. The van der Waals surface area contributed by atoms with Gasteiger partial charge in [0, 0.05) is 19.3 Å². The minimum atomic E-state index is -2.69. The van der Waals surface area contributed by atoms with Crippen LogP contribution < -0.4 is 0 Å². The largest absolute Gasteiger partial charge is 0.465 e. The average molecular weight is 254 g/mol. The second-order valence-electron chi connectivity index (χ2n) is 4.70. The van der Waals surface area contributed by atoms with Crippen molar-refractivity contribution in [2.75, 3.05) is 6.61 Å². The molecule has 0 aromatic heterocycles. The van der Waals surface area contributed by atoms with E-state index < -0.39 is 17.8 Å². The van der Waals surface area contributed by atoms with Crippen LogP contribution in [0.2, 0.25) is 0 Å². The molecule has 4 heteroatoms. The fraction of sp³-hybridized carbons (Fsp3) is 0.500. The van der Waals surface area contributed by atoms with Crippen molar-refractivity contribution in [3.05, 3.63) is 35.9 Å². The molecule has 1 aliphatic rings. The molecule has 1 aliphatic carbocycles. The summed E-state index contributed by atoms with van der Waals surface area (Å²) in [6.45, 7) is 0.255. The summed E-state index contributed by atoms with van der Waals surface area (Å²) in [6.07, 6.45) is 0.287. The normalized spacial score (nSPS) is 21.8. The van der Waals surface area contributed by atoms with Gasteiger partial charge in [-0.3, -0.25) is 4.79 Å². The minimum Gasteiger partial charge on any atom is -0.465 e. The van der Waals surface area contributed by atoms with E-state index >= 15 is 0 Å². The van der Waals surface area contributed by atoms with Crippen molar-refractivity contribution in [3.63, 3.8) is 0 Å². The lowest BCUT2D eigenvalue weighted by atomic mass is 10.1. The predicted molar refractivity (Wildman–Crippen MR) is 63.4 cm³/mol. The van der Waals surface area contributed by atoms with Crippen LogP contribution in [0.3, 0.4) is 0 Å². The third-order valence-corrected chi connectivity index (χ3v) is 3.21. The molecule has 2 rings (SSSR count). The minimum absolute atomic E-state index is 0.203. The molecule has 0 aliphatic heterocycles. The standard InChI is InChI=1S/C14H16F2O2/c15-14(16)8-6-12(10-14)13(17)18-9-7-11-4-2-1-3-5-11/h1-5,12H,6-10H2/t12-/m0/s1. The van der Waals surface area contributed by atoms with Crippen LogP contribution in [-0.2, 0) is 16.0 Å². The van der Waals surface area contributed by atoms with Gasteiger partial charge in [0.25, 0.3) is 0 Å². The van der Waals surface area contributed by atoms with Crippen LogP contribution in [0, 0.1) is 5.92 Å². The van der Waals surface area contributed by atoms with E-state index in [1.807, 2.05) is 30.3 Å². The van der Waals surface area contributed by atoms with E-state index in [9.17, 15) is 13.6 Å². The van der Waals surface area contributed by atoms with E-state index in [-0.39, 0.29) is 25.9 Å². The van der Waals surface area contributed by atoms with Gasteiger partial charge in [-0.05, 0) is 12.0 Å². The summed E-state index contributed by atoms with van der Waals surface area (Å²) in [5, 5.41) is 0. The number of halogens is 2. The zero-order chi connectivity index (χ0) is 13.0. The number of hydrogen-bond acceptors (Lipinski definition) is 2. The average Bonchev–Trinajstić information content (AvgIpc) is 2.71. The Labute approximate surface area is 105 Å². The summed E-state index contributed by atoms with van der Waals surface area (Å²) in [7, 11) is 0. The number of carbonyl (C=O) groups is 1. The maximum absolute atomic E-state index is 12.9. The lowest BCUT2D eigenvalue weighted by Gasteiger charge is -2.10. The first kappa shape index (κ1) is 13.0. The SMILES string of the molecule is O=C(OCCc1ccccc1)[C@H]1CCC(F)(F)C1. The number of ether oxygens (including phenoxy) is 1. The van der Waals surface area contributed by atoms with Crippen LogP contribution in [0.15, 0.2) is 30.3 Å². The monoisotopic (exact) mass is 254 g/mol. The number of rotatable bonds is 4. The second kappa shape index (κ2) is 5.46. The van der Waals surface area contributed by atoms with Gasteiger partial charge in [0.2, 0.25) is 5.92 Å². The van der Waals surface area contributed by atoms with Gasteiger partial charge in [-0.2, -0.15) is 0 Å². The molecule has 1 fully saturated rings. The molecule has 18 heavy (non-hydrogen) atoms.